The van der Waals surface area contributed by atoms with Crippen LogP contribution in [-0.2, 0) is 16.1 Å². The number of aryl methyl sites for hydroxylation is 1. The van der Waals surface area contributed by atoms with E-state index in [0.29, 0.717) is 23.4 Å². The quantitative estimate of drug-likeness (QED) is 0.556. The molecule has 3 aliphatic rings. The highest BCUT2D eigenvalue weighted by atomic mass is 16.5. The van der Waals surface area contributed by atoms with Gasteiger partial charge in [-0.2, -0.15) is 0 Å². The minimum absolute atomic E-state index is 0.0105. The average Bonchev–Trinajstić information content (AvgIpc) is 3.35. The fourth-order valence-electron chi connectivity index (χ4n) is 5.28. The largest absolute Gasteiger partial charge is 0.489 e. The molecule has 10 nitrogen and oxygen atoms in total. The molecular weight excluding hydrogens is 484 g/mol. The van der Waals surface area contributed by atoms with E-state index in [1.807, 2.05) is 49.4 Å². The number of carbonyl (C=O) groups is 2. The summed E-state index contributed by atoms with van der Waals surface area (Å²) in [4.78, 5) is 34.3. The summed E-state index contributed by atoms with van der Waals surface area (Å²) in [6.07, 6.45) is 3.74. The van der Waals surface area contributed by atoms with E-state index < -0.39 is 11.9 Å². The van der Waals surface area contributed by atoms with E-state index in [9.17, 15) is 9.59 Å². The molecule has 10 heteroatoms. The van der Waals surface area contributed by atoms with Crippen molar-refractivity contribution in [3.05, 3.63) is 65.7 Å². The molecule has 2 saturated heterocycles. The molecule has 1 spiro atoms. The van der Waals surface area contributed by atoms with Crippen LogP contribution in [0.3, 0.4) is 0 Å². The van der Waals surface area contributed by atoms with Gasteiger partial charge in [0.05, 0.1) is 25.4 Å². The number of nitrogens with zero attached hydrogens (tertiary/aromatic N) is 5. The highest BCUT2D eigenvalue weighted by molar-refractivity contribution is 6.02. The van der Waals surface area contributed by atoms with Crippen LogP contribution >= 0.6 is 0 Å². The summed E-state index contributed by atoms with van der Waals surface area (Å²) in [5, 5.41) is 7.06. The molecule has 38 heavy (non-hydrogen) atoms. The fraction of sp³-hybridized carbons (Fsp3) is 0.429. The Morgan fingerprint density at radius 3 is 2.61 bits per heavy atom. The molecular formula is C28H32N6O4. The Bertz CT molecular complexity index is 1340. The van der Waals surface area contributed by atoms with E-state index in [0.717, 1.165) is 50.4 Å². The summed E-state index contributed by atoms with van der Waals surface area (Å²) in [7, 11) is 1.71. The number of piperidine rings is 1. The highest BCUT2D eigenvalue weighted by Gasteiger charge is 2.41. The van der Waals surface area contributed by atoms with E-state index in [4.69, 9.17) is 9.47 Å². The lowest BCUT2D eigenvalue weighted by atomic mass is 9.77. The molecule has 3 aromatic rings. The second-order valence-electron chi connectivity index (χ2n) is 10.6. The van der Waals surface area contributed by atoms with Gasteiger partial charge in [-0.05, 0) is 43.5 Å². The lowest BCUT2D eigenvalue weighted by Crippen LogP contribution is -2.51. The van der Waals surface area contributed by atoms with Crippen molar-refractivity contribution in [3.8, 4) is 5.75 Å². The molecule has 0 saturated carbocycles. The molecule has 1 N–H and O–H groups in total. The first-order valence-corrected chi connectivity index (χ1v) is 13.0. The van der Waals surface area contributed by atoms with Crippen LogP contribution in [0.25, 0.3) is 0 Å². The standard InChI is InChI=1S/C28H32N6O4/c1-19-3-5-20(6-4-19)14-34-18-29-25(31-34)26(35)30-22-15-38-24-8-7-21(13-23(24)32(2)27(22)36)33-11-9-28(10-12-33)16-37-17-28/h3-8,13,18,22H,9-12,14-17H2,1-2H3,(H,30,35)/t22-/m0/s1. The molecule has 1 atom stereocenters. The smallest absolute Gasteiger partial charge is 0.291 e. The van der Waals surface area contributed by atoms with E-state index in [1.54, 1.807) is 16.6 Å². The predicted octanol–water partition coefficient (Wildman–Crippen LogP) is 2.41. The zero-order valence-electron chi connectivity index (χ0n) is 21.7. The Balaban J connectivity index is 1.11. The molecule has 0 aliphatic carbocycles. The van der Waals surface area contributed by atoms with Gasteiger partial charge in [0.1, 0.15) is 24.7 Å². The van der Waals surface area contributed by atoms with Crippen molar-refractivity contribution in [2.75, 3.05) is 49.8 Å². The first kappa shape index (κ1) is 24.4. The number of rotatable bonds is 5. The van der Waals surface area contributed by atoms with Gasteiger partial charge in [-0.3, -0.25) is 9.59 Å². The van der Waals surface area contributed by atoms with Crippen LogP contribution in [0.1, 0.15) is 34.6 Å². The number of ether oxygens (including phenoxy) is 2. The summed E-state index contributed by atoms with van der Waals surface area (Å²) in [6, 6.07) is 13.2. The maximum absolute atomic E-state index is 13.3. The van der Waals surface area contributed by atoms with Crippen molar-refractivity contribution >= 4 is 23.2 Å². The number of carbonyl (C=O) groups excluding carboxylic acids is 2. The van der Waals surface area contributed by atoms with Crippen molar-refractivity contribution in [1.82, 2.24) is 20.1 Å². The lowest BCUT2D eigenvalue weighted by molar-refractivity contribution is -0.124. The molecule has 2 aromatic carbocycles. The first-order chi connectivity index (χ1) is 18.4. The number of likely N-dealkylation sites (N-methyl/N-ethyl adjacent to an activating group) is 1. The summed E-state index contributed by atoms with van der Waals surface area (Å²) >= 11 is 0. The van der Waals surface area contributed by atoms with Crippen molar-refractivity contribution in [1.29, 1.82) is 0 Å². The van der Waals surface area contributed by atoms with Crippen LogP contribution in [0.15, 0.2) is 48.8 Å². The van der Waals surface area contributed by atoms with Gasteiger partial charge in [0.25, 0.3) is 11.8 Å². The summed E-state index contributed by atoms with van der Waals surface area (Å²) in [5.41, 5.74) is 4.34. The van der Waals surface area contributed by atoms with Crippen LogP contribution < -0.4 is 19.9 Å². The van der Waals surface area contributed by atoms with E-state index >= 15 is 0 Å². The zero-order valence-corrected chi connectivity index (χ0v) is 21.7. The van der Waals surface area contributed by atoms with E-state index in [-0.39, 0.29) is 18.3 Å². The number of benzene rings is 2. The van der Waals surface area contributed by atoms with Gasteiger partial charge in [0.15, 0.2) is 0 Å². The SMILES string of the molecule is Cc1ccc(Cn2cnc(C(=O)N[C@H]3COc4ccc(N5CCC6(CC5)COC6)cc4N(C)C3=O)n2)cc1. The Morgan fingerprint density at radius 2 is 1.89 bits per heavy atom. The molecule has 6 rings (SSSR count). The van der Waals surface area contributed by atoms with Crippen LogP contribution in [-0.4, -0.2) is 72.6 Å². The molecule has 2 amide bonds. The number of aromatic nitrogens is 3. The monoisotopic (exact) mass is 516 g/mol. The molecule has 3 aliphatic heterocycles. The molecule has 1 aromatic heterocycles. The summed E-state index contributed by atoms with van der Waals surface area (Å²) < 4.78 is 13.0. The van der Waals surface area contributed by atoms with Gasteiger partial charge < -0.3 is 24.6 Å². The Kier molecular flexibility index (Phi) is 6.27. The predicted molar refractivity (Wildman–Crippen MR) is 142 cm³/mol. The summed E-state index contributed by atoms with van der Waals surface area (Å²) in [5.74, 6) is -0.145. The second-order valence-corrected chi connectivity index (χ2v) is 10.6. The number of nitrogens with one attached hydrogen (secondary N) is 1. The van der Waals surface area contributed by atoms with Gasteiger partial charge in [-0.15, -0.1) is 5.10 Å². The fourth-order valence-corrected chi connectivity index (χ4v) is 5.28. The Morgan fingerprint density at radius 1 is 1.13 bits per heavy atom. The van der Waals surface area contributed by atoms with E-state index in [2.05, 4.69) is 20.3 Å². The first-order valence-electron chi connectivity index (χ1n) is 13.0. The Labute approximate surface area is 221 Å². The molecule has 198 valence electrons. The van der Waals surface area contributed by atoms with Crippen molar-refractivity contribution in [2.24, 2.45) is 5.41 Å². The molecule has 0 unspecified atom stereocenters. The molecule has 4 heterocycles. The minimum atomic E-state index is -0.860. The number of hydrogen-bond acceptors (Lipinski definition) is 7. The van der Waals surface area contributed by atoms with Crippen LogP contribution in [0.4, 0.5) is 11.4 Å². The lowest BCUT2D eigenvalue weighted by Gasteiger charge is -2.47. The van der Waals surface area contributed by atoms with Gasteiger partial charge in [-0.25, -0.2) is 9.67 Å². The van der Waals surface area contributed by atoms with Gasteiger partial charge >= 0.3 is 0 Å². The maximum Gasteiger partial charge on any atom is 0.291 e. The number of anilines is 2. The maximum atomic E-state index is 13.3. The average molecular weight is 517 g/mol. The molecule has 2 fully saturated rings. The second kappa shape index (κ2) is 9.75. The number of amides is 2. The summed E-state index contributed by atoms with van der Waals surface area (Å²) in [6.45, 7) is 6.21. The highest BCUT2D eigenvalue weighted by Crippen LogP contribution is 2.41. The molecule has 0 bridgehead atoms. The van der Waals surface area contributed by atoms with E-state index in [1.165, 1.54) is 11.9 Å². The van der Waals surface area contributed by atoms with Crippen LogP contribution in [0, 0.1) is 12.3 Å². The van der Waals surface area contributed by atoms with Crippen molar-refractivity contribution in [2.45, 2.75) is 32.4 Å². The van der Waals surface area contributed by atoms with Gasteiger partial charge in [0, 0.05) is 31.2 Å². The third kappa shape index (κ3) is 4.71. The van der Waals surface area contributed by atoms with Gasteiger partial charge in [0.2, 0.25) is 5.82 Å². The number of fused-ring (bicyclic) bond motifs is 1. The normalized spacial score (nSPS) is 20.4. The number of hydrogen-bond donors (Lipinski definition) is 1. The Hall–Kier alpha value is -3.92. The minimum Gasteiger partial charge on any atom is -0.489 e. The topological polar surface area (TPSA) is 102 Å². The zero-order chi connectivity index (χ0) is 26.3. The van der Waals surface area contributed by atoms with Crippen LogP contribution in [0.2, 0.25) is 0 Å². The molecule has 0 radical (unpaired) electrons. The third-order valence-corrected chi connectivity index (χ3v) is 7.85. The van der Waals surface area contributed by atoms with Crippen molar-refractivity contribution < 1.29 is 19.1 Å². The third-order valence-electron chi connectivity index (χ3n) is 7.85. The van der Waals surface area contributed by atoms with Gasteiger partial charge in [-0.1, -0.05) is 29.8 Å². The van der Waals surface area contributed by atoms with Crippen LogP contribution in [0.5, 0.6) is 5.75 Å². The van der Waals surface area contributed by atoms with Crippen molar-refractivity contribution in [3.63, 3.8) is 0 Å².